The van der Waals surface area contributed by atoms with E-state index in [2.05, 4.69) is 0 Å². The second-order valence-corrected chi connectivity index (χ2v) is 3.40. The number of aliphatic hydroxyl groups excluding tert-OH is 1. The van der Waals surface area contributed by atoms with Crippen molar-refractivity contribution in [2.45, 2.75) is 32.1 Å². The molecule has 2 heteroatoms. The molecule has 1 aliphatic carbocycles. The zero-order valence-electron chi connectivity index (χ0n) is 6.47. The van der Waals surface area contributed by atoms with Crippen molar-refractivity contribution in [1.29, 1.82) is 0 Å². The summed E-state index contributed by atoms with van der Waals surface area (Å²) in [6.07, 6.45) is 5.92. The lowest BCUT2D eigenvalue weighted by molar-refractivity contribution is 0.123. The van der Waals surface area contributed by atoms with Crippen LogP contribution in [0.15, 0.2) is 0 Å². The fourth-order valence-electron chi connectivity index (χ4n) is 1.92. The molecule has 1 rings (SSSR count). The third kappa shape index (κ3) is 1.50. The van der Waals surface area contributed by atoms with Crippen LogP contribution in [-0.4, -0.2) is 18.3 Å². The highest BCUT2D eigenvalue weighted by Gasteiger charge is 2.31. The first kappa shape index (κ1) is 8.02. The zero-order chi connectivity index (χ0) is 7.45. The van der Waals surface area contributed by atoms with E-state index in [-0.39, 0.29) is 5.41 Å². The first-order chi connectivity index (χ1) is 4.83. The Morgan fingerprint density at radius 1 is 1.30 bits per heavy atom. The van der Waals surface area contributed by atoms with E-state index in [0.717, 1.165) is 13.0 Å². The Morgan fingerprint density at radius 2 is 1.90 bits per heavy atom. The molecule has 0 amide bonds. The molecule has 0 spiro atoms. The van der Waals surface area contributed by atoms with Gasteiger partial charge in [-0.25, -0.2) is 0 Å². The smallest absolute Gasteiger partial charge is 0.0487 e. The maximum Gasteiger partial charge on any atom is 0.0487 e. The van der Waals surface area contributed by atoms with E-state index in [1.807, 2.05) is 0 Å². The lowest BCUT2D eigenvalue weighted by atomic mass is 9.84. The summed E-state index contributed by atoms with van der Waals surface area (Å²) in [6.45, 7) is 1.06. The summed E-state index contributed by atoms with van der Waals surface area (Å²) >= 11 is 0. The van der Waals surface area contributed by atoms with Gasteiger partial charge in [0.15, 0.2) is 0 Å². The van der Waals surface area contributed by atoms with Crippen molar-refractivity contribution in [3.8, 4) is 0 Å². The van der Waals surface area contributed by atoms with Crippen LogP contribution in [0.4, 0.5) is 0 Å². The first-order valence-corrected chi connectivity index (χ1v) is 4.14. The van der Waals surface area contributed by atoms with Crippen molar-refractivity contribution in [1.82, 2.24) is 0 Å². The van der Waals surface area contributed by atoms with Gasteiger partial charge in [0, 0.05) is 6.61 Å². The molecule has 0 bridgehead atoms. The van der Waals surface area contributed by atoms with E-state index in [4.69, 9.17) is 10.8 Å². The van der Waals surface area contributed by atoms with Gasteiger partial charge in [-0.05, 0) is 31.2 Å². The summed E-state index contributed by atoms with van der Waals surface area (Å²) in [7, 11) is 0. The Morgan fingerprint density at radius 3 is 2.30 bits per heavy atom. The molecule has 0 aromatic heterocycles. The molecule has 2 nitrogen and oxygen atoms in total. The second-order valence-electron chi connectivity index (χ2n) is 3.40. The van der Waals surface area contributed by atoms with Crippen LogP contribution in [0.2, 0.25) is 0 Å². The number of rotatable bonds is 3. The van der Waals surface area contributed by atoms with Crippen LogP contribution >= 0.6 is 0 Å². The molecule has 0 unspecified atom stereocenters. The molecule has 0 aromatic carbocycles. The Hall–Kier alpha value is -0.0800. The molecule has 0 aliphatic heterocycles. The number of hydrogen-bond donors (Lipinski definition) is 2. The van der Waals surface area contributed by atoms with Crippen molar-refractivity contribution in [2.75, 3.05) is 13.2 Å². The molecule has 1 aliphatic rings. The van der Waals surface area contributed by atoms with Crippen LogP contribution in [0.5, 0.6) is 0 Å². The molecule has 0 aromatic rings. The molecular formula is C8H17NO. The van der Waals surface area contributed by atoms with Crippen LogP contribution in [-0.2, 0) is 0 Å². The van der Waals surface area contributed by atoms with Crippen LogP contribution < -0.4 is 5.73 Å². The molecule has 0 radical (unpaired) electrons. The van der Waals surface area contributed by atoms with Crippen LogP contribution in [0.25, 0.3) is 0 Å². The monoisotopic (exact) mass is 143 g/mol. The number of hydrogen-bond acceptors (Lipinski definition) is 2. The quantitative estimate of drug-likeness (QED) is 0.616. The maximum absolute atomic E-state index is 9.09. The van der Waals surface area contributed by atoms with E-state index in [9.17, 15) is 0 Å². The van der Waals surface area contributed by atoms with E-state index in [1.54, 1.807) is 0 Å². The summed E-state index contributed by atoms with van der Waals surface area (Å²) in [5.74, 6) is 0. The molecule has 1 saturated carbocycles. The van der Waals surface area contributed by atoms with Crippen molar-refractivity contribution < 1.29 is 5.11 Å². The second kappa shape index (κ2) is 3.35. The highest BCUT2D eigenvalue weighted by atomic mass is 16.3. The zero-order valence-corrected chi connectivity index (χ0v) is 6.47. The van der Waals surface area contributed by atoms with Gasteiger partial charge in [0.05, 0.1) is 0 Å². The average Bonchev–Trinajstić information content (AvgIpc) is 2.39. The van der Waals surface area contributed by atoms with Crippen molar-refractivity contribution >= 4 is 0 Å². The summed E-state index contributed by atoms with van der Waals surface area (Å²) in [6, 6.07) is 0. The first-order valence-electron chi connectivity index (χ1n) is 4.14. The molecular weight excluding hydrogens is 126 g/mol. The fraction of sp³-hybridized carbons (Fsp3) is 1.00. The summed E-state index contributed by atoms with van der Waals surface area (Å²) < 4.78 is 0. The lowest BCUT2D eigenvalue weighted by Gasteiger charge is -2.25. The Kier molecular flexibility index (Phi) is 2.69. The fourth-order valence-corrected chi connectivity index (χ4v) is 1.92. The van der Waals surface area contributed by atoms with Gasteiger partial charge in [0.25, 0.3) is 0 Å². The number of aliphatic hydroxyl groups is 1. The predicted octanol–water partition coefficient (Wildman–Crippen LogP) is 0.888. The molecule has 10 heavy (non-hydrogen) atoms. The molecule has 60 valence electrons. The SMILES string of the molecule is NCCC1(CO)CCCC1. The normalized spacial score (nSPS) is 23.4. The molecule has 0 saturated heterocycles. The Labute approximate surface area is 62.4 Å². The van der Waals surface area contributed by atoms with E-state index in [0.29, 0.717) is 6.61 Å². The minimum absolute atomic E-state index is 0.217. The van der Waals surface area contributed by atoms with Gasteiger partial charge in [-0.15, -0.1) is 0 Å². The van der Waals surface area contributed by atoms with Crippen LogP contribution in [0.3, 0.4) is 0 Å². The van der Waals surface area contributed by atoms with Gasteiger partial charge in [-0.3, -0.25) is 0 Å². The highest BCUT2D eigenvalue weighted by molar-refractivity contribution is 4.83. The molecule has 0 atom stereocenters. The van der Waals surface area contributed by atoms with Gasteiger partial charge >= 0.3 is 0 Å². The van der Waals surface area contributed by atoms with E-state index >= 15 is 0 Å². The van der Waals surface area contributed by atoms with E-state index in [1.165, 1.54) is 25.7 Å². The van der Waals surface area contributed by atoms with Crippen LogP contribution in [0.1, 0.15) is 32.1 Å². The maximum atomic E-state index is 9.09. The van der Waals surface area contributed by atoms with Gasteiger partial charge < -0.3 is 10.8 Å². The highest BCUT2D eigenvalue weighted by Crippen LogP contribution is 2.39. The molecule has 1 fully saturated rings. The minimum Gasteiger partial charge on any atom is -0.396 e. The van der Waals surface area contributed by atoms with Gasteiger partial charge in [-0.2, -0.15) is 0 Å². The molecule has 3 N–H and O–H groups in total. The molecule has 0 heterocycles. The lowest BCUT2D eigenvalue weighted by Crippen LogP contribution is -2.24. The van der Waals surface area contributed by atoms with Crippen molar-refractivity contribution in [2.24, 2.45) is 11.1 Å². The predicted molar refractivity (Wildman–Crippen MR) is 41.7 cm³/mol. The van der Waals surface area contributed by atoms with Gasteiger partial charge in [-0.1, -0.05) is 12.8 Å². The largest absolute Gasteiger partial charge is 0.396 e. The van der Waals surface area contributed by atoms with E-state index < -0.39 is 0 Å². The standard InChI is InChI=1S/C8H17NO/c9-6-5-8(7-10)3-1-2-4-8/h10H,1-7,9H2. The topological polar surface area (TPSA) is 46.2 Å². The number of nitrogens with two attached hydrogens (primary N) is 1. The summed E-state index contributed by atoms with van der Waals surface area (Å²) in [4.78, 5) is 0. The minimum atomic E-state index is 0.217. The van der Waals surface area contributed by atoms with Crippen molar-refractivity contribution in [3.05, 3.63) is 0 Å². The summed E-state index contributed by atoms with van der Waals surface area (Å²) in [5.41, 5.74) is 5.68. The van der Waals surface area contributed by atoms with Gasteiger partial charge in [0.2, 0.25) is 0 Å². The van der Waals surface area contributed by atoms with Crippen LogP contribution in [0, 0.1) is 5.41 Å². The van der Waals surface area contributed by atoms with Gasteiger partial charge in [0.1, 0.15) is 0 Å². The summed E-state index contributed by atoms with van der Waals surface area (Å²) in [5, 5.41) is 9.09. The third-order valence-corrected chi connectivity index (χ3v) is 2.67. The van der Waals surface area contributed by atoms with Crippen molar-refractivity contribution in [3.63, 3.8) is 0 Å². The third-order valence-electron chi connectivity index (χ3n) is 2.67. The Bertz CT molecular complexity index is 97.4. The Balaban J connectivity index is 2.41. The average molecular weight is 143 g/mol.